The molecule has 1 heterocycles. The number of benzene rings is 2. The van der Waals surface area contributed by atoms with Crippen molar-refractivity contribution >= 4 is 28.9 Å². The number of amides is 1. The first-order valence-electron chi connectivity index (χ1n) is 9.17. The van der Waals surface area contributed by atoms with Crippen molar-refractivity contribution in [3.8, 4) is 6.07 Å². The SMILES string of the molecule is N#Cc1ccc(N2CCCN(CCC(=O)Nc3cccc(Cl)c3)CC2)cc1. The van der Waals surface area contributed by atoms with E-state index in [0.717, 1.165) is 50.5 Å². The Morgan fingerprint density at radius 3 is 2.67 bits per heavy atom. The molecule has 27 heavy (non-hydrogen) atoms. The molecule has 0 aliphatic carbocycles. The number of anilines is 2. The predicted molar refractivity (Wildman–Crippen MR) is 109 cm³/mol. The maximum Gasteiger partial charge on any atom is 0.225 e. The number of hydrogen-bond donors (Lipinski definition) is 1. The van der Waals surface area contributed by atoms with Gasteiger partial charge in [-0.25, -0.2) is 0 Å². The Morgan fingerprint density at radius 1 is 1.11 bits per heavy atom. The third-order valence-electron chi connectivity index (χ3n) is 4.71. The minimum absolute atomic E-state index is 0.00506. The lowest BCUT2D eigenvalue weighted by atomic mass is 10.2. The average Bonchev–Trinajstić information content (AvgIpc) is 2.92. The molecule has 0 saturated carbocycles. The molecule has 0 aromatic heterocycles. The number of halogens is 1. The summed E-state index contributed by atoms with van der Waals surface area (Å²) in [6.45, 7) is 4.55. The summed E-state index contributed by atoms with van der Waals surface area (Å²) >= 11 is 5.95. The second-order valence-corrected chi connectivity index (χ2v) is 7.09. The van der Waals surface area contributed by atoms with Crippen LogP contribution in [0, 0.1) is 11.3 Å². The Morgan fingerprint density at radius 2 is 1.93 bits per heavy atom. The van der Waals surface area contributed by atoms with Crippen molar-refractivity contribution < 1.29 is 4.79 Å². The van der Waals surface area contributed by atoms with Crippen molar-refractivity contribution in [3.05, 3.63) is 59.1 Å². The van der Waals surface area contributed by atoms with Crippen molar-refractivity contribution in [3.63, 3.8) is 0 Å². The average molecular weight is 383 g/mol. The Labute approximate surface area is 165 Å². The Balaban J connectivity index is 1.46. The van der Waals surface area contributed by atoms with Crippen molar-refractivity contribution in [2.24, 2.45) is 0 Å². The summed E-state index contributed by atoms with van der Waals surface area (Å²) in [6.07, 6.45) is 1.51. The van der Waals surface area contributed by atoms with Crippen LogP contribution in [0.2, 0.25) is 5.02 Å². The topological polar surface area (TPSA) is 59.4 Å². The lowest BCUT2D eigenvalue weighted by Crippen LogP contribution is -2.32. The molecule has 0 bridgehead atoms. The molecule has 0 spiro atoms. The lowest BCUT2D eigenvalue weighted by Gasteiger charge is -2.23. The number of carbonyl (C=O) groups is 1. The van der Waals surface area contributed by atoms with Crippen LogP contribution in [0.25, 0.3) is 0 Å². The van der Waals surface area contributed by atoms with Crippen LogP contribution < -0.4 is 10.2 Å². The normalized spacial score (nSPS) is 15.0. The van der Waals surface area contributed by atoms with Gasteiger partial charge in [0, 0.05) is 49.0 Å². The van der Waals surface area contributed by atoms with E-state index in [1.54, 1.807) is 12.1 Å². The highest BCUT2D eigenvalue weighted by molar-refractivity contribution is 6.30. The van der Waals surface area contributed by atoms with E-state index in [1.165, 1.54) is 0 Å². The largest absolute Gasteiger partial charge is 0.370 e. The van der Waals surface area contributed by atoms with Gasteiger partial charge >= 0.3 is 0 Å². The fourth-order valence-corrected chi connectivity index (χ4v) is 3.44. The van der Waals surface area contributed by atoms with Gasteiger partial charge in [0.05, 0.1) is 11.6 Å². The van der Waals surface area contributed by atoms with Crippen molar-refractivity contribution in [1.82, 2.24) is 4.90 Å². The summed E-state index contributed by atoms with van der Waals surface area (Å²) in [5.41, 5.74) is 2.56. The minimum Gasteiger partial charge on any atom is -0.370 e. The van der Waals surface area contributed by atoms with Crippen molar-refractivity contribution in [2.45, 2.75) is 12.8 Å². The number of nitriles is 1. The van der Waals surface area contributed by atoms with E-state index in [0.29, 0.717) is 17.0 Å². The first-order valence-corrected chi connectivity index (χ1v) is 9.55. The highest BCUT2D eigenvalue weighted by Gasteiger charge is 2.16. The Hall–Kier alpha value is -2.55. The molecule has 1 amide bonds. The van der Waals surface area contributed by atoms with Crippen LogP contribution >= 0.6 is 11.6 Å². The second-order valence-electron chi connectivity index (χ2n) is 6.65. The standard InChI is InChI=1S/C21H23ClN4O/c22-18-3-1-4-19(15-18)24-21(27)9-12-25-10-2-11-26(14-13-25)20-7-5-17(16-23)6-8-20/h1,3-8,15H,2,9-14H2,(H,24,27). The molecule has 1 fully saturated rings. The second kappa shape index (κ2) is 9.40. The van der Waals surface area contributed by atoms with Gasteiger partial charge in [-0.15, -0.1) is 0 Å². The van der Waals surface area contributed by atoms with Crippen LogP contribution in [0.15, 0.2) is 48.5 Å². The molecular weight excluding hydrogens is 360 g/mol. The van der Waals surface area contributed by atoms with Gasteiger partial charge < -0.3 is 15.1 Å². The third-order valence-corrected chi connectivity index (χ3v) is 4.95. The van der Waals surface area contributed by atoms with Gasteiger partial charge in [0.15, 0.2) is 0 Å². The highest BCUT2D eigenvalue weighted by Crippen LogP contribution is 2.18. The predicted octanol–water partition coefficient (Wildman–Crippen LogP) is 3.75. The van der Waals surface area contributed by atoms with Crippen molar-refractivity contribution in [1.29, 1.82) is 5.26 Å². The van der Waals surface area contributed by atoms with Crippen LogP contribution in [0.5, 0.6) is 0 Å². The zero-order chi connectivity index (χ0) is 19.1. The van der Waals surface area contributed by atoms with Crippen LogP contribution in [-0.4, -0.2) is 43.5 Å². The summed E-state index contributed by atoms with van der Waals surface area (Å²) in [5.74, 6) is 0.00506. The van der Waals surface area contributed by atoms with E-state index < -0.39 is 0 Å². The zero-order valence-electron chi connectivity index (χ0n) is 15.2. The number of nitrogens with zero attached hydrogens (tertiary/aromatic N) is 3. The Bertz CT molecular complexity index is 816. The molecule has 1 N–H and O–H groups in total. The molecule has 6 heteroatoms. The summed E-state index contributed by atoms with van der Waals surface area (Å²) in [5, 5.41) is 12.4. The zero-order valence-corrected chi connectivity index (χ0v) is 16.0. The van der Waals surface area contributed by atoms with Crippen LogP contribution in [0.1, 0.15) is 18.4 Å². The van der Waals surface area contributed by atoms with E-state index in [-0.39, 0.29) is 5.91 Å². The van der Waals surface area contributed by atoms with Crippen LogP contribution in [0.3, 0.4) is 0 Å². The van der Waals surface area contributed by atoms with Crippen LogP contribution in [0.4, 0.5) is 11.4 Å². The van der Waals surface area contributed by atoms with Gasteiger partial charge in [-0.2, -0.15) is 5.26 Å². The molecule has 0 unspecified atom stereocenters. The Kier molecular flexibility index (Phi) is 6.69. The first kappa shape index (κ1) is 19.2. The fourth-order valence-electron chi connectivity index (χ4n) is 3.25. The van der Waals surface area contributed by atoms with E-state index in [9.17, 15) is 4.79 Å². The van der Waals surface area contributed by atoms with Gasteiger partial charge in [0.25, 0.3) is 0 Å². The number of rotatable bonds is 5. The van der Waals surface area contributed by atoms with Gasteiger partial charge in [-0.3, -0.25) is 4.79 Å². The third kappa shape index (κ3) is 5.72. The molecule has 2 aromatic rings. The lowest BCUT2D eigenvalue weighted by molar-refractivity contribution is -0.116. The number of carbonyl (C=O) groups excluding carboxylic acids is 1. The molecule has 5 nitrogen and oxygen atoms in total. The maximum absolute atomic E-state index is 12.2. The molecule has 140 valence electrons. The maximum atomic E-state index is 12.2. The van der Waals surface area contributed by atoms with Gasteiger partial charge in [0.2, 0.25) is 5.91 Å². The molecule has 1 aliphatic rings. The summed E-state index contributed by atoms with van der Waals surface area (Å²) < 4.78 is 0. The number of nitrogens with one attached hydrogen (secondary N) is 1. The quantitative estimate of drug-likeness (QED) is 0.855. The fraction of sp³-hybridized carbons (Fsp3) is 0.333. The molecule has 0 radical (unpaired) electrons. The molecule has 0 atom stereocenters. The molecule has 1 saturated heterocycles. The van der Waals surface area contributed by atoms with Gasteiger partial charge in [-0.05, 0) is 55.4 Å². The summed E-state index contributed by atoms with van der Waals surface area (Å²) in [4.78, 5) is 16.9. The number of hydrogen-bond acceptors (Lipinski definition) is 4. The van der Waals surface area contributed by atoms with E-state index in [2.05, 4.69) is 21.2 Å². The summed E-state index contributed by atoms with van der Waals surface area (Å²) in [6, 6.07) is 17.1. The molecule has 3 rings (SSSR count). The minimum atomic E-state index is 0.00506. The summed E-state index contributed by atoms with van der Waals surface area (Å²) in [7, 11) is 0. The van der Waals surface area contributed by atoms with Gasteiger partial charge in [-0.1, -0.05) is 17.7 Å². The molecule has 1 aliphatic heterocycles. The monoisotopic (exact) mass is 382 g/mol. The molecule has 2 aromatic carbocycles. The van der Waals surface area contributed by atoms with E-state index in [4.69, 9.17) is 16.9 Å². The smallest absolute Gasteiger partial charge is 0.225 e. The first-order chi connectivity index (χ1) is 13.1. The van der Waals surface area contributed by atoms with Gasteiger partial charge in [0.1, 0.15) is 0 Å². The van der Waals surface area contributed by atoms with E-state index in [1.807, 2.05) is 36.4 Å². The van der Waals surface area contributed by atoms with Crippen molar-refractivity contribution in [2.75, 3.05) is 42.9 Å². The van der Waals surface area contributed by atoms with E-state index >= 15 is 0 Å². The highest BCUT2D eigenvalue weighted by atomic mass is 35.5. The molecular formula is C21H23ClN4O. The van der Waals surface area contributed by atoms with Crippen LogP contribution in [-0.2, 0) is 4.79 Å².